The van der Waals surface area contributed by atoms with Gasteiger partial charge in [-0.25, -0.2) is 0 Å². The Morgan fingerprint density at radius 1 is 1.56 bits per heavy atom. The number of aromatic nitrogens is 1. The maximum Gasteiger partial charge on any atom is 0.252 e. The fourth-order valence-corrected chi connectivity index (χ4v) is 1.34. The number of hydrogen-bond donors (Lipinski definition) is 2. The second-order valence-corrected chi connectivity index (χ2v) is 3.86. The Bertz CT molecular complexity index is 353. The molecule has 16 heavy (non-hydrogen) atoms. The highest BCUT2D eigenvalue weighted by Crippen LogP contribution is 2.01. The maximum absolute atomic E-state index is 11.6. The van der Waals surface area contributed by atoms with Crippen LogP contribution in [0.15, 0.2) is 18.5 Å². The standard InChI is InChI=1S/C12H18N2O2/c1-3-11(15)4-5-14-12(16)10-6-9(2)7-13-8-10/h6-8,11,15H,3-5H2,1-2H3,(H,14,16). The van der Waals surface area contributed by atoms with Gasteiger partial charge >= 0.3 is 0 Å². The molecule has 0 spiro atoms. The van der Waals surface area contributed by atoms with Crippen LogP contribution in [0.2, 0.25) is 0 Å². The van der Waals surface area contributed by atoms with Crippen LogP contribution in [-0.2, 0) is 0 Å². The molecule has 0 aliphatic carbocycles. The van der Waals surface area contributed by atoms with Gasteiger partial charge in [-0.15, -0.1) is 0 Å². The molecule has 88 valence electrons. The van der Waals surface area contributed by atoms with E-state index in [0.717, 1.165) is 5.56 Å². The molecule has 4 nitrogen and oxygen atoms in total. The number of aliphatic hydroxyl groups is 1. The molecule has 1 rings (SSSR count). The van der Waals surface area contributed by atoms with Crippen molar-refractivity contribution < 1.29 is 9.90 Å². The number of carbonyl (C=O) groups excluding carboxylic acids is 1. The molecule has 0 fully saturated rings. The molecule has 1 aromatic rings. The first kappa shape index (κ1) is 12.6. The highest BCUT2D eigenvalue weighted by atomic mass is 16.3. The third-order valence-corrected chi connectivity index (χ3v) is 2.37. The van der Waals surface area contributed by atoms with Gasteiger partial charge in [0.25, 0.3) is 5.91 Å². The smallest absolute Gasteiger partial charge is 0.252 e. The number of carbonyl (C=O) groups is 1. The number of nitrogens with one attached hydrogen (secondary N) is 1. The van der Waals surface area contributed by atoms with E-state index >= 15 is 0 Å². The van der Waals surface area contributed by atoms with Crippen molar-refractivity contribution in [3.63, 3.8) is 0 Å². The van der Waals surface area contributed by atoms with Crippen LogP contribution in [0.5, 0.6) is 0 Å². The second kappa shape index (κ2) is 6.23. The van der Waals surface area contributed by atoms with E-state index in [2.05, 4.69) is 10.3 Å². The largest absolute Gasteiger partial charge is 0.393 e. The van der Waals surface area contributed by atoms with Gasteiger partial charge in [0.1, 0.15) is 0 Å². The van der Waals surface area contributed by atoms with Crippen molar-refractivity contribution in [3.8, 4) is 0 Å². The zero-order valence-corrected chi connectivity index (χ0v) is 9.73. The Balaban J connectivity index is 2.41. The molecule has 0 saturated carbocycles. The summed E-state index contributed by atoms with van der Waals surface area (Å²) < 4.78 is 0. The van der Waals surface area contributed by atoms with Crippen LogP contribution < -0.4 is 5.32 Å². The predicted molar refractivity (Wildman–Crippen MR) is 62.2 cm³/mol. The number of pyridine rings is 1. The molecule has 2 N–H and O–H groups in total. The van der Waals surface area contributed by atoms with Crippen LogP contribution in [0.1, 0.15) is 35.7 Å². The molecular weight excluding hydrogens is 204 g/mol. The molecule has 0 aliphatic heterocycles. The number of aliphatic hydroxyl groups excluding tert-OH is 1. The van der Waals surface area contributed by atoms with Crippen molar-refractivity contribution in [1.82, 2.24) is 10.3 Å². The average Bonchev–Trinajstić information content (AvgIpc) is 2.28. The molecule has 1 amide bonds. The van der Waals surface area contributed by atoms with Crippen LogP contribution in [0.3, 0.4) is 0 Å². The summed E-state index contributed by atoms with van der Waals surface area (Å²) in [5, 5.41) is 12.1. The minimum Gasteiger partial charge on any atom is -0.393 e. The molecule has 0 bridgehead atoms. The van der Waals surface area contributed by atoms with Crippen LogP contribution in [0.4, 0.5) is 0 Å². The van der Waals surface area contributed by atoms with Crippen LogP contribution in [0.25, 0.3) is 0 Å². The lowest BCUT2D eigenvalue weighted by atomic mass is 10.2. The van der Waals surface area contributed by atoms with Crippen molar-refractivity contribution in [3.05, 3.63) is 29.6 Å². The molecule has 0 aliphatic rings. The Morgan fingerprint density at radius 3 is 2.94 bits per heavy atom. The summed E-state index contributed by atoms with van der Waals surface area (Å²) in [5.74, 6) is -0.139. The molecule has 1 unspecified atom stereocenters. The van der Waals surface area contributed by atoms with Crippen molar-refractivity contribution in [1.29, 1.82) is 0 Å². The van der Waals surface area contributed by atoms with Crippen LogP contribution in [-0.4, -0.2) is 28.6 Å². The van der Waals surface area contributed by atoms with Crippen LogP contribution >= 0.6 is 0 Å². The van der Waals surface area contributed by atoms with Gasteiger partial charge in [-0.3, -0.25) is 9.78 Å². The number of nitrogens with zero attached hydrogens (tertiary/aromatic N) is 1. The normalized spacial score (nSPS) is 12.2. The van der Waals surface area contributed by atoms with E-state index in [1.54, 1.807) is 18.5 Å². The third-order valence-electron chi connectivity index (χ3n) is 2.37. The van der Waals surface area contributed by atoms with E-state index < -0.39 is 0 Å². The Hall–Kier alpha value is -1.42. The molecule has 1 atom stereocenters. The topological polar surface area (TPSA) is 62.2 Å². The highest BCUT2D eigenvalue weighted by molar-refractivity contribution is 5.93. The summed E-state index contributed by atoms with van der Waals surface area (Å²) >= 11 is 0. The highest BCUT2D eigenvalue weighted by Gasteiger charge is 2.06. The summed E-state index contributed by atoms with van der Waals surface area (Å²) in [6.45, 7) is 4.30. The van der Waals surface area contributed by atoms with Gasteiger partial charge in [0, 0.05) is 18.9 Å². The van der Waals surface area contributed by atoms with Crippen molar-refractivity contribution >= 4 is 5.91 Å². The molecule has 1 aromatic heterocycles. The summed E-state index contributed by atoms with van der Waals surface area (Å²) in [5.41, 5.74) is 1.52. The Morgan fingerprint density at radius 2 is 2.31 bits per heavy atom. The summed E-state index contributed by atoms with van der Waals surface area (Å²) in [6, 6.07) is 1.79. The van der Waals surface area contributed by atoms with Gasteiger partial charge < -0.3 is 10.4 Å². The van der Waals surface area contributed by atoms with Crippen LogP contribution in [0, 0.1) is 6.92 Å². The summed E-state index contributed by atoms with van der Waals surface area (Å²) in [6.07, 6.45) is 4.20. The van der Waals surface area contributed by atoms with Crippen molar-refractivity contribution in [2.75, 3.05) is 6.54 Å². The van der Waals surface area contributed by atoms with Gasteiger partial charge in [-0.2, -0.15) is 0 Å². The molecule has 4 heteroatoms. The van der Waals surface area contributed by atoms with Gasteiger partial charge in [0.2, 0.25) is 0 Å². The third kappa shape index (κ3) is 3.98. The molecule has 0 saturated heterocycles. The van der Waals surface area contributed by atoms with Crippen molar-refractivity contribution in [2.24, 2.45) is 0 Å². The van der Waals surface area contributed by atoms with Crippen molar-refractivity contribution in [2.45, 2.75) is 32.8 Å². The van der Waals surface area contributed by atoms with E-state index in [0.29, 0.717) is 24.9 Å². The average molecular weight is 222 g/mol. The minimum atomic E-state index is -0.337. The van der Waals surface area contributed by atoms with E-state index in [1.807, 2.05) is 13.8 Å². The first-order valence-electron chi connectivity index (χ1n) is 5.51. The zero-order valence-electron chi connectivity index (χ0n) is 9.73. The van der Waals surface area contributed by atoms with E-state index in [9.17, 15) is 9.90 Å². The lowest BCUT2D eigenvalue weighted by molar-refractivity contribution is 0.0941. The lowest BCUT2D eigenvalue weighted by Crippen LogP contribution is -2.27. The second-order valence-electron chi connectivity index (χ2n) is 3.86. The molecule has 0 aromatic carbocycles. The molecule has 1 heterocycles. The molecule has 0 radical (unpaired) electrons. The maximum atomic E-state index is 11.6. The zero-order chi connectivity index (χ0) is 12.0. The first-order chi connectivity index (χ1) is 7.63. The Labute approximate surface area is 95.7 Å². The summed E-state index contributed by atoms with van der Waals surface area (Å²) in [4.78, 5) is 15.6. The minimum absolute atomic E-state index is 0.139. The quantitative estimate of drug-likeness (QED) is 0.789. The van der Waals surface area contributed by atoms with E-state index in [1.165, 1.54) is 0 Å². The monoisotopic (exact) mass is 222 g/mol. The fraction of sp³-hybridized carbons (Fsp3) is 0.500. The number of rotatable bonds is 5. The summed E-state index contributed by atoms with van der Waals surface area (Å²) in [7, 11) is 0. The van der Waals surface area contributed by atoms with E-state index in [4.69, 9.17) is 0 Å². The lowest BCUT2D eigenvalue weighted by Gasteiger charge is -2.08. The SMILES string of the molecule is CCC(O)CCNC(=O)c1cncc(C)c1. The fourth-order valence-electron chi connectivity index (χ4n) is 1.34. The van der Waals surface area contributed by atoms with Gasteiger partial charge in [0.15, 0.2) is 0 Å². The van der Waals surface area contributed by atoms with Gasteiger partial charge in [-0.1, -0.05) is 6.92 Å². The predicted octanol–water partition coefficient (Wildman–Crippen LogP) is 1.28. The van der Waals surface area contributed by atoms with E-state index in [-0.39, 0.29) is 12.0 Å². The first-order valence-corrected chi connectivity index (χ1v) is 5.51. The number of amides is 1. The van der Waals surface area contributed by atoms with Gasteiger partial charge in [0.05, 0.1) is 11.7 Å². The van der Waals surface area contributed by atoms with Gasteiger partial charge in [-0.05, 0) is 31.4 Å². The number of aryl methyl sites for hydroxylation is 1. The molecular formula is C12H18N2O2. The number of hydrogen-bond acceptors (Lipinski definition) is 3. The Kier molecular flexibility index (Phi) is 4.92.